The number of halogens is 2. The molecule has 1 heterocycles. The van der Waals surface area contributed by atoms with Crippen LogP contribution in [0.4, 0.5) is 15.2 Å². The van der Waals surface area contributed by atoms with E-state index in [0.717, 1.165) is 0 Å². The minimum atomic E-state index is -0.490. The maximum Gasteiger partial charge on any atom is 0.230 e. The second-order valence-corrected chi connectivity index (χ2v) is 5.33. The first-order valence-electron chi connectivity index (χ1n) is 4.99. The van der Waals surface area contributed by atoms with Crippen LogP contribution in [-0.4, -0.2) is 10.9 Å². The minimum Gasteiger partial charge on any atom is -0.375 e. The summed E-state index contributed by atoms with van der Waals surface area (Å²) in [6.45, 7) is 0. The van der Waals surface area contributed by atoms with E-state index in [1.165, 1.54) is 23.5 Å². The molecule has 0 spiro atoms. The zero-order chi connectivity index (χ0) is 13.1. The van der Waals surface area contributed by atoms with Gasteiger partial charge in [-0.05, 0) is 18.2 Å². The zero-order valence-electron chi connectivity index (χ0n) is 9.11. The number of rotatable bonds is 3. The van der Waals surface area contributed by atoms with Crippen molar-refractivity contribution in [3.8, 4) is 0 Å². The van der Waals surface area contributed by atoms with Crippen LogP contribution in [0.25, 0.3) is 0 Å². The molecule has 0 aliphatic heterocycles. The highest BCUT2D eigenvalue weighted by Crippen LogP contribution is 2.19. The Bertz CT molecular complexity index is 587. The Balaban J connectivity index is 2.03. The average Bonchev–Trinajstić information content (AvgIpc) is 2.68. The molecule has 0 saturated heterocycles. The van der Waals surface area contributed by atoms with Crippen molar-refractivity contribution in [1.29, 1.82) is 0 Å². The molecule has 1 amide bonds. The summed E-state index contributed by atoms with van der Waals surface area (Å²) in [5, 5.41) is 4.60. The molecule has 0 aliphatic rings. The van der Waals surface area contributed by atoms with Crippen molar-refractivity contribution in [3.05, 3.63) is 39.6 Å². The van der Waals surface area contributed by atoms with Crippen molar-refractivity contribution >= 4 is 44.0 Å². The predicted molar refractivity (Wildman–Crippen MR) is 73.0 cm³/mol. The van der Waals surface area contributed by atoms with Crippen LogP contribution < -0.4 is 11.1 Å². The topological polar surface area (TPSA) is 68.0 Å². The van der Waals surface area contributed by atoms with Gasteiger partial charge in [0.05, 0.1) is 17.8 Å². The molecule has 2 rings (SSSR count). The number of hydrogen-bond acceptors (Lipinski definition) is 4. The van der Waals surface area contributed by atoms with Gasteiger partial charge in [-0.3, -0.25) is 4.79 Å². The summed E-state index contributed by atoms with van der Waals surface area (Å²) in [6.07, 6.45) is 0.0726. The summed E-state index contributed by atoms with van der Waals surface area (Å²) in [7, 11) is 0. The third kappa shape index (κ3) is 3.27. The molecule has 0 atom stereocenters. The van der Waals surface area contributed by atoms with Gasteiger partial charge in [-0.1, -0.05) is 15.9 Å². The second-order valence-electron chi connectivity index (χ2n) is 3.53. The SMILES string of the molecule is Nc1nc(CC(=O)Nc2ccc(Br)cc2F)cs1. The van der Waals surface area contributed by atoms with Crippen LogP contribution in [0.5, 0.6) is 0 Å². The van der Waals surface area contributed by atoms with Gasteiger partial charge in [0.1, 0.15) is 5.82 Å². The Morgan fingerprint density at radius 3 is 2.94 bits per heavy atom. The Labute approximate surface area is 115 Å². The Kier molecular flexibility index (Phi) is 3.93. The highest BCUT2D eigenvalue weighted by molar-refractivity contribution is 9.10. The maximum absolute atomic E-state index is 13.5. The van der Waals surface area contributed by atoms with Crippen LogP contribution in [0.15, 0.2) is 28.1 Å². The number of anilines is 2. The van der Waals surface area contributed by atoms with Crippen molar-refractivity contribution in [1.82, 2.24) is 4.98 Å². The molecule has 0 bridgehead atoms. The zero-order valence-corrected chi connectivity index (χ0v) is 11.5. The smallest absolute Gasteiger partial charge is 0.230 e. The Morgan fingerprint density at radius 2 is 2.33 bits per heavy atom. The number of amides is 1. The minimum absolute atomic E-state index is 0.0726. The van der Waals surface area contributed by atoms with E-state index < -0.39 is 5.82 Å². The number of carbonyl (C=O) groups excluding carboxylic acids is 1. The molecule has 3 N–H and O–H groups in total. The molecular formula is C11H9BrFN3OS. The number of benzene rings is 1. The van der Waals surface area contributed by atoms with Crippen molar-refractivity contribution in [2.75, 3.05) is 11.1 Å². The number of hydrogen-bond donors (Lipinski definition) is 2. The highest BCUT2D eigenvalue weighted by Gasteiger charge is 2.10. The molecular weight excluding hydrogens is 321 g/mol. The van der Waals surface area contributed by atoms with Crippen molar-refractivity contribution < 1.29 is 9.18 Å². The molecule has 94 valence electrons. The van der Waals surface area contributed by atoms with E-state index in [9.17, 15) is 9.18 Å². The van der Waals surface area contributed by atoms with E-state index in [-0.39, 0.29) is 18.0 Å². The Hall–Kier alpha value is -1.47. The van der Waals surface area contributed by atoms with Gasteiger partial charge in [0.25, 0.3) is 0 Å². The molecule has 0 unspecified atom stereocenters. The first kappa shape index (κ1) is 13.0. The van der Waals surface area contributed by atoms with Crippen LogP contribution in [-0.2, 0) is 11.2 Å². The molecule has 2 aromatic rings. The van der Waals surface area contributed by atoms with Crippen molar-refractivity contribution in [2.45, 2.75) is 6.42 Å². The van der Waals surface area contributed by atoms with Gasteiger partial charge in [-0.15, -0.1) is 11.3 Å². The van der Waals surface area contributed by atoms with Gasteiger partial charge in [0.2, 0.25) is 5.91 Å². The standard InChI is InChI=1S/C11H9BrFN3OS/c12-6-1-2-9(8(13)3-6)16-10(17)4-7-5-18-11(14)15-7/h1-3,5H,4H2,(H2,14,15)(H,16,17). The number of carbonyl (C=O) groups is 1. The largest absolute Gasteiger partial charge is 0.375 e. The summed E-state index contributed by atoms with van der Waals surface area (Å²) in [6, 6.07) is 4.43. The highest BCUT2D eigenvalue weighted by atomic mass is 79.9. The van der Waals surface area contributed by atoms with E-state index >= 15 is 0 Å². The van der Waals surface area contributed by atoms with E-state index in [1.807, 2.05) is 0 Å². The first-order chi connectivity index (χ1) is 8.54. The molecule has 7 heteroatoms. The summed E-state index contributed by atoms with van der Waals surface area (Å²) >= 11 is 4.41. The van der Waals surface area contributed by atoms with Gasteiger partial charge in [-0.25, -0.2) is 9.37 Å². The summed E-state index contributed by atoms with van der Waals surface area (Å²) in [4.78, 5) is 15.6. The van der Waals surface area contributed by atoms with Crippen molar-refractivity contribution in [3.63, 3.8) is 0 Å². The molecule has 0 saturated carbocycles. The molecule has 1 aromatic heterocycles. The average molecular weight is 330 g/mol. The van der Waals surface area contributed by atoms with Gasteiger partial charge >= 0.3 is 0 Å². The fraction of sp³-hybridized carbons (Fsp3) is 0.0909. The van der Waals surface area contributed by atoms with Crippen LogP contribution in [0.2, 0.25) is 0 Å². The number of aromatic nitrogens is 1. The lowest BCUT2D eigenvalue weighted by Crippen LogP contribution is -2.15. The number of nitrogens with one attached hydrogen (secondary N) is 1. The normalized spacial score (nSPS) is 10.3. The maximum atomic E-state index is 13.5. The van der Waals surface area contributed by atoms with Gasteiger partial charge in [0.15, 0.2) is 5.13 Å². The van der Waals surface area contributed by atoms with Gasteiger partial charge < -0.3 is 11.1 Å². The lowest BCUT2D eigenvalue weighted by atomic mass is 10.2. The first-order valence-corrected chi connectivity index (χ1v) is 6.66. The lowest BCUT2D eigenvalue weighted by molar-refractivity contribution is -0.115. The third-order valence-electron chi connectivity index (χ3n) is 2.12. The Morgan fingerprint density at radius 1 is 1.56 bits per heavy atom. The number of thiazole rings is 1. The van der Waals surface area contributed by atoms with Gasteiger partial charge in [0, 0.05) is 9.85 Å². The number of nitrogen functional groups attached to an aromatic ring is 1. The fourth-order valence-corrected chi connectivity index (χ4v) is 2.25. The molecule has 18 heavy (non-hydrogen) atoms. The van der Waals surface area contributed by atoms with Crippen molar-refractivity contribution in [2.24, 2.45) is 0 Å². The van der Waals surface area contributed by atoms with Crippen LogP contribution in [0, 0.1) is 5.82 Å². The van der Waals surface area contributed by atoms with Crippen LogP contribution >= 0.6 is 27.3 Å². The summed E-state index contributed by atoms with van der Waals surface area (Å²) in [5.74, 6) is -0.822. The van der Waals surface area contributed by atoms with Crippen LogP contribution in [0.3, 0.4) is 0 Å². The predicted octanol–water partition coefficient (Wildman–Crippen LogP) is 2.81. The number of nitrogens with two attached hydrogens (primary N) is 1. The molecule has 0 radical (unpaired) electrons. The third-order valence-corrected chi connectivity index (χ3v) is 3.33. The quantitative estimate of drug-likeness (QED) is 0.909. The monoisotopic (exact) mass is 329 g/mol. The second kappa shape index (κ2) is 5.45. The summed E-state index contributed by atoms with van der Waals surface area (Å²) in [5.41, 5.74) is 6.18. The number of nitrogens with zero attached hydrogens (tertiary/aromatic N) is 1. The van der Waals surface area contributed by atoms with Crippen LogP contribution in [0.1, 0.15) is 5.69 Å². The molecule has 0 fully saturated rings. The lowest BCUT2D eigenvalue weighted by Gasteiger charge is -2.05. The van der Waals surface area contributed by atoms with E-state index in [4.69, 9.17) is 5.73 Å². The molecule has 1 aromatic carbocycles. The van der Waals surface area contributed by atoms with E-state index in [2.05, 4.69) is 26.2 Å². The fourth-order valence-electron chi connectivity index (χ4n) is 1.35. The molecule has 4 nitrogen and oxygen atoms in total. The summed E-state index contributed by atoms with van der Waals surface area (Å²) < 4.78 is 14.1. The van der Waals surface area contributed by atoms with Gasteiger partial charge in [-0.2, -0.15) is 0 Å². The van der Waals surface area contributed by atoms with E-state index in [0.29, 0.717) is 15.3 Å². The van der Waals surface area contributed by atoms with E-state index in [1.54, 1.807) is 11.4 Å². The molecule has 0 aliphatic carbocycles.